The van der Waals surface area contributed by atoms with Crippen LogP contribution in [0.3, 0.4) is 0 Å². The Morgan fingerprint density at radius 2 is 2.05 bits per heavy atom. The van der Waals surface area contributed by atoms with Crippen molar-refractivity contribution < 1.29 is 4.74 Å². The highest BCUT2D eigenvalue weighted by Gasteiger charge is 2.07. The summed E-state index contributed by atoms with van der Waals surface area (Å²) >= 11 is 0. The molecular formula is C16H20N2O. The molecule has 1 aromatic carbocycles. The molecule has 0 unspecified atom stereocenters. The number of anilines is 1. The van der Waals surface area contributed by atoms with E-state index in [2.05, 4.69) is 31.0 Å². The quantitative estimate of drug-likeness (QED) is 0.827. The number of nitrogens with zero attached hydrogens (tertiary/aromatic N) is 1. The number of hydrogen-bond acceptors (Lipinski definition) is 3. The van der Waals surface area contributed by atoms with E-state index in [1.54, 1.807) is 6.20 Å². The predicted molar refractivity (Wildman–Crippen MR) is 79.2 cm³/mol. The number of aryl methyl sites for hydroxylation is 1. The van der Waals surface area contributed by atoms with Gasteiger partial charge in [-0.2, -0.15) is 0 Å². The molecule has 0 fully saturated rings. The van der Waals surface area contributed by atoms with Gasteiger partial charge in [0.2, 0.25) is 0 Å². The minimum Gasteiger partial charge on any atom is -0.493 e. The van der Waals surface area contributed by atoms with Crippen LogP contribution in [0.15, 0.2) is 36.7 Å². The molecule has 19 heavy (non-hydrogen) atoms. The molecule has 0 amide bonds. The number of pyridine rings is 1. The van der Waals surface area contributed by atoms with Crippen molar-refractivity contribution in [1.82, 2.24) is 4.98 Å². The highest BCUT2D eigenvalue weighted by Crippen LogP contribution is 2.31. The van der Waals surface area contributed by atoms with Crippen LogP contribution in [0, 0.1) is 6.92 Å². The van der Waals surface area contributed by atoms with Crippen molar-refractivity contribution in [3.05, 3.63) is 42.2 Å². The van der Waals surface area contributed by atoms with E-state index in [-0.39, 0.29) is 0 Å². The average molecular weight is 256 g/mol. The van der Waals surface area contributed by atoms with Crippen molar-refractivity contribution in [2.75, 3.05) is 12.3 Å². The van der Waals surface area contributed by atoms with E-state index in [9.17, 15) is 0 Å². The molecule has 3 heteroatoms. The maximum atomic E-state index is 5.86. The van der Waals surface area contributed by atoms with Crippen molar-refractivity contribution in [1.29, 1.82) is 0 Å². The Bertz CT molecular complexity index is 552. The Labute approximate surface area is 114 Å². The van der Waals surface area contributed by atoms with E-state index in [0.717, 1.165) is 36.3 Å². The first kappa shape index (κ1) is 13.4. The molecule has 3 nitrogen and oxygen atoms in total. The molecule has 100 valence electrons. The Hall–Kier alpha value is -2.03. The molecule has 0 aliphatic rings. The molecule has 0 saturated carbocycles. The molecule has 1 heterocycles. The zero-order valence-corrected chi connectivity index (χ0v) is 11.5. The van der Waals surface area contributed by atoms with Gasteiger partial charge >= 0.3 is 0 Å². The van der Waals surface area contributed by atoms with Crippen molar-refractivity contribution in [3.8, 4) is 16.9 Å². The number of unbranched alkanes of at least 4 members (excludes halogenated alkanes) is 1. The second kappa shape index (κ2) is 6.23. The number of nitrogen functional groups attached to an aromatic ring is 1. The number of ether oxygens (including phenoxy) is 1. The Balaban J connectivity index is 2.34. The van der Waals surface area contributed by atoms with Gasteiger partial charge in [-0.15, -0.1) is 0 Å². The third-order valence-electron chi connectivity index (χ3n) is 2.96. The summed E-state index contributed by atoms with van der Waals surface area (Å²) in [6.07, 6.45) is 5.65. The maximum Gasteiger partial charge on any atom is 0.127 e. The van der Waals surface area contributed by atoms with Crippen LogP contribution in [-0.4, -0.2) is 11.6 Å². The molecule has 0 atom stereocenters. The second-order valence-electron chi connectivity index (χ2n) is 4.71. The van der Waals surface area contributed by atoms with Crippen molar-refractivity contribution in [2.45, 2.75) is 26.7 Å². The lowest BCUT2D eigenvalue weighted by molar-refractivity contribution is 0.310. The second-order valence-corrected chi connectivity index (χ2v) is 4.71. The summed E-state index contributed by atoms with van der Waals surface area (Å²) in [5, 5.41) is 0. The number of benzene rings is 1. The normalized spacial score (nSPS) is 10.4. The summed E-state index contributed by atoms with van der Waals surface area (Å²) < 4.78 is 5.86. The number of hydrogen-bond donors (Lipinski definition) is 1. The fraction of sp³-hybridized carbons (Fsp3) is 0.312. The van der Waals surface area contributed by atoms with Gasteiger partial charge in [0.15, 0.2) is 0 Å². The molecule has 0 aliphatic heterocycles. The van der Waals surface area contributed by atoms with Crippen LogP contribution in [0.25, 0.3) is 11.1 Å². The van der Waals surface area contributed by atoms with Gasteiger partial charge in [0.1, 0.15) is 5.75 Å². The first-order chi connectivity index (χ1) is 9.20. The summed E-state index contributed by atoms with van der Waals surface area (Å²) in [6.45, 7) is 4.96. The molecule has 2 N–H and O–H groups in total. The van der Waals surface area contributed by atoms with Crippen LogP contribution in [-0.2, 0) is 0 Å². The van der Waals surface area contributed by atoms with Gasteiger partial charge in [0.05, 0.1) is 12.3 Å². The van der Waals surface area contributed by atoms with Crippen molar-refractivity contribution >= 4 is 5.69 Å². The van der Waals surface area contributed by atoms with Crippen LogP contribution < -0.4 is 10.5 Å². The largest absolute Gasteiger partial charge is 0.493 e. The average Bonchev–Trinajstić information content (AvgIpc) is 2.40. The van der Waals surface area contributed by atoms with E-state index in [1.807, 2.05) is 18.3 Å². The van der Waals surface area contributed by atoms with Crippen molar-refractivity contribution in [3.63, 3.8) is 0 Å². The van der Waals surface area contributed by atoms with Gasteiger partial charge < -0.3 is 10.5 Å². The minimum atomic E-state index is 0.665. The fourth-order valence-electron chi connectivity index (χ4n) is 1.93. The van der Waals surface area contributed by atoms with E-state index in [1.165, 1.54) is 5.56 Å². The summed E-state index contributed by atoms with van der Waals surface area (Å²) in [4.78, 5) is 4.15. The highest BCUT2D eigenvalue weighted by atomic mass is 16.5. The van der Waals surface area contributed by atoms with Crippen LogP contribution >= 0.6 is 0 Å². The van der Waals surface area contributed by atoms with Crippen LogP contribution in [0.1, 0.15) is 25.3 Å². The van der Waals surface area contributed by atoms with Gasteiger partial charge in [-0.3, -0.25) is 4.98 Å². The van der Waals surface area contributed by atoms with Crippen molar-refractivity contribution in [2.24, 2.45) is 0 Å². The molecule has 0 aliphatic carbocycles. The van der Waals surface area contributed by atoms with Gasteiger partial charge in [0, 0.05) is 23.5 Å². The standard InChI is InChI=1S/C16H20N2O/c1-3-4-7-19-16-6-5-12(2)8-15(16)13-9-14(17)11-18-10-13/h5-6,8-11H,3-4,7,17H2,1-2H3. The summed E-state index contributed by atoms with van der Waals surface area (Å²) in [5.74, 6) is 0.895. The Kier molecular flexibility index (Phi) is 4.39. The predicted octanol–water partition coefficient (Wildman–Crippen LogP) is 3.82. The Morgan fingerprint density at radius 1 is 1.21 bits per heavy atom. The fourth-order valence-corrected chi connectivity index (χ4v) is 1.93. The van der Waals surface area contributed by atoms with Gasteiger partial charge in [-0.25, -0.2) is 0 Å². The molecule has 1 aromatic heterocycles. The molecule has 0 bridgehead atoms. The van der Waals surface area contributed by atoms with Crippen LogP contribution in [0.2, 0.25) is 0 Å². The third kappa shape index (κ3) is 3.47. The zero-order chi connectivity index (χ0) is 13.7. The molecule has 0 saturated heterocycles. The highest BCUT2D eigenvalue weighted by molar-refractivity contribution is 5.72. The number of nitrogens with two attached hydrogens (primary N) is 1. The zero-order valence-electron chi connectivity index (χ0n) is 11.5. The van der Waals surface area contributed by atoms with Crippen LogP contribution in [0.5, 0.6) is 5.75 Å². The van der Waals surface area contributed by atoms with E-state index in [0.29, 0.717) is 5.69 Å². The maximum absolute atomic E-state index is 5.86. The first-order valence-corrected chi connectivity index (χ1v) is 6.65. The van der Waals surface area contributed by atoms with E-state index < -0.39 is 0 Å². The molecular weight excluding hydrogens is 236 g/mol. The first-order valence-electron chi connectivity index (χ1n) is 6.65. The van der Waals surface area contributed by atoms with E-state index >= 15 is 0 Å². The smallest absolute Gasteiger partial charge is 0.127 e. The molecule has 2 aromatic rings. The molecule has 0 spiro atoms. The summed E-state index contributed by atoms with van der Waals surface area (Å²) in [7, 11) is 0. The SMILES string of the molecule is CCCCOc1ccc(C)cc1-c1cncc(N)c1. The monoisotopic (exact) mass is 256 g/mol. The van der Waals surface area contributed by atoms with Gasteiger partial charge in [0.25, 0.3) is 0 Å². The third-order valence-corrected chi connectivity index (χ3v) is 2.96. The molecule has 2 rings (SSSR count). The lowest BCUT2D eigenvalue weighted by Gasteiger charge is -2.12. The topological polar surface area (TPSA) is 48.1 Å². The van der Waals surface area contributed by atoms with E-state index in [4.69, 9.17) is 10.5 Å². The molecule has 0 radical (unpaired) electrons. The Morgan fingerprint density at radius 3 is 2.79 bits per heavy atom. The summed E-state index contributed by atoms with van der Waals surface area (Å²) in [6, 6.07) is 8.11. The number of aromatic nitrogens is 1. The summed E-state index contributed by atoms with van der Waals surface area (Å²) in [5.41, 5.74) is 9.71. The van der Waals surface area contributed by atoms with Gasteiger partial charge in [-0.1, -0.05) is 25.0 Å². The van der Waals surface area contributed by atoms with Gasteiger partial charge in [-0.05, 0) is 31.5 Å². The number of rotatable bonds is 5. The van der Waals surface area contributed by atoms with Crippen LogP contribution in [0.4, 0.5) is 5.69 Å². The lowest BCUT2D eigenvalue weighted by Crippen LogP contribution is -1.99. The lowest BCUT2D eigenvalue weighted by atomic mass is 10.0. The minimum absolute atomic E-state index is 0.665.